The number of hydrogen-bond acceptors (Lipinski definition) is 5. The molecule has 2 atom stereocenters. The number of hydrogen-bond donors (Lipinski definition) is 2. The molecule has 2 rings (SSSR count). The highest BCUT2D eigenvalue weighted by atomic mass is 35.5. The molecule has 23 heavy (non-hydrogen) atoms. The van der Waals surface area contributed by atoms with Gasteiger partial charge in [-0.3, -0.25) is 14.6 Å². The fraction of sp³-hybridized carbons (Fsp3) is 0.625. The van der Waals surface area contributed by atoms with Crippen molar-refractivity contribution in [1.29, 1.82) is 0 Å². The molecule has 7 heteroatoms. The van der Waals surface area contributed by atoms with Crippen LogP contribution >= 0.6 is 11.6 Å². The van der Waals surface area contributed by atoms with Crippen LogP contribution < -0.4 is 5.32 Å². The van der Waals surface area contributed by atoms with Crippen molar-refractivity contribution in [2.24, 2.45) is 0 Å². The molecule has 0 aliphatic carbocycles. The van der Waals surface area contributed by atoms with E-state index in [9.17, 15) is 9.90 Å². The number of aliphatic hydroxyl groups excluding tert-OH is 1. The fourth-order valence-corrected chi connectivity index (χ4v) is 2.95. The summed E-state index contributed by atoms with van der Waals surface area (Å²) < 4.78 is 0. The van der Waals surface area contributed by atoms with E-state index in [1.54, 1.807) is 12.1 Å². The molecule has 0 radical (unpaired) electrons. The maximum Gasteiger partial charge on any atom is 0.242 e. The summed E-state index contributed by atoms with van der Waals surface area (Å²) in [5, 5.41) is 12.8. The number of anilines is 1. The second-order valence-corrected chi connectivity index (χ2v) is 6.28. The summed E-state index contributed by atoms with van der Waals surface area (Å²) in [4.78, 5) is 20.9. The zero-order chi connectivity index (χ0) is 16.8. The van der Waals surface area contributed by atoms with Crippen LogP contribution in [0.15, 0.2) is 18.3 Å². The first-order valence-corrected chi connectivity index (χ1v) is 8.44. The second-order valence-electron chi connectivity index (χ2n) is 5.84. The highest BCUT2D eigenvalue weighted by molar-refractivity contribution is 6.30. The molecule has 2 unspecified atom stereocenters. The first-order valence-electron chi connectivity index (χ1n) is 8.06. The van der Waals surface area contributed by atoms with E-state index in [0.29, 0.717) is 10.8 Å². The summed E-state index contributed by atoms with van der Waals surface area (Å²) in [5.41, 5.74) is 0. The van der Waals surface area contributed by atoms with Gasteiger partial charge in [0.15, 0.2) is 0 Å². The van der Waals surface area contributed by atoms with Crippen LogP contribution in [-0.2, 0) is 4.79 Å². The average molecular weight is 341 g/mol. The number of aliphatic hydroxyl groups is 1. The number of rotatable bonds is 6. The smallest absolute Gasteiger partial charge is 0.242 e. The number of halogens is 1. The number of nitrogens with one attached hydrogen (secondary N) is 1. The van der Waals surface area contributed by atoms with E-state index in [1.807, 2.05) is 6.92 Å². The van der Waals surface area contributed by atoms with Crippen molar-refractivity contribution < 1.29 is 9.90 Å². The zero-order valence-corrected chi connectivity index (χ0v) is 14.5. The van der Waals surface area contributed by atoms with Crippen LogP contribution in [0.25, 0.3) is 0 Å². The number of carbonyl (C=O) groups excluding carboxylic acids is 1. The molecule has 128 valence electrons. The van der Waals surface area contributed by atoms with Gasteiger partial charge in [0.1, 0.15) is 5.82 Å². The summed E-state index contributed by atoms with van der Waals surface area (Å²) in [6, 6.07) is 3.40. The Morgan fingerprint density at radius 1 is 1.35 bits per heavy atom. The first kappa shape index (κ1) is 18.1. The minimum Gasteiger partial charge on any atom is -0.395 e. The average Bonchev–Trinajstić information content (AvgIpc) is 2.58. The number of piperazine rings is 1. The predicted octanol–water partition coefficient (Wildman–Crippen LogP) is 1.45. The zero-order valence-electron chi connectivity index (χ0n) is 13.7. The molecule has 1 aromatic rings. The van der Waals surface area contributed by atoms with E-state index >= 15 is 0 Å². The van der Waals surface area contributed by atoms with Crippen molar-refractivity contribution in [3.05, 3.63) is 23.4 Å². The summed E-state index contributed by atoms with van der Waals surface area (Å²) in [5.74, 6) is 0.443. The van der Waals surface area contributed by atoms with Crippen LogP contribution in [0.4, 0.5) is 5.82 Å². The Balaban J connectivity index is 1.85. The fourth-order valence-electron chi connectivity index (χ4n) is 2.84. The van der Waals surface area contributed by atoms with Gasteiger partial charge in [-0.05, 0) is 25.5 Å². The molecule has 1 aliphatic heterocycles. The van der Waals surface area contributed by atoms with Crippen LogP contribution in [-0.4, -0.2) is 70.7 Å². The molecule has 2 heterocycles. The lowest BCUT2D eigenvalue weighted by molar-refractivity contribution is -0.121. The normalized spacial score (nSPS) is 19.3. The van der Waals surface area contributed by atoms with Crippen LogP contribution in [0.5, 0.6) is 0 Å². The van der Waals surface area contributed by atoms with Crippen molar-refractivity contribution in [1.82, 2.24) is 14.8 Å². The van der Waals surface area contributed by atoms with Gasteiger partial charge in [-0.2, -0.15) is 0 Å². The van der Waals surface area contributed by atoms with Crippen molar-refractivity contribution >= 4 is 23.3 Å². The molecule has 0 bridgehead atoms. The lowest BCUT2D eigenvalue weighted by atomic mass is 10.1. The number of carbonyl (C=O) groups is 1. The van der Waals surface area contributed by atoms with Crippen LogP contribution in [0.1, 0.15) is 20.3 Å². The predicted molar refractivity (Wildman–Crippen MR) is 91.6 cm³/mol. The van der Waals surface area contributed by atoms with Gasteiger partial charge in [0, 0.05) is 38.4 Å². The molecule has 6 nitrogen and oxygen atoms in total. The van der Waals surface area contributed by atoms with Gasteiger partial charge in [0.25, 0.3) is 0 Å². The van der Waals surface area contributed by atoms with Crippen molar-refractivity contribution in [2.75, 3.05) is 38.1 Å². The lowest BCUT2D eigenvalue weighted by Gasteiger charge is -2.40. The van der Waals surface area contributed by atoms with Crippen LogP contribution in [0.3, 0.4) is 0 Å². The Hall–Kier alpha value is -1.21. The molecular weight excluding hydrogens is 316 g/mol. The van der Waals surface area contributed by atoms with Gasteiger partial charge in [-0.15, -0.1) is 0 Å². The molecule has 1 saturated heterocycles. The van der Waals surface area contributed by atoms with Gasteiger partial charge >= 0.3 is 0 Å². The van der Waals surface area contributed by atoms with Crippen molar-refractivity contribution in [3.63, 3.8) is 0 Å². The molecular formula is C16H25ClN4O2. The van der Waals surface area contributed by atoms with Crippen molar-refractivity contribution in [3.8, 4) is 0 Å². The van der Waals surface area contributed by atoms with Gasteiger partial charge in [-0.25, -0.2) is 4.98 Å². The topological polar surface area (TPSA) is 68.7 Å². The van der Waals surface area contributed by atoms with E-state index in [2.05, 4.69) is 27.0 Å². The molecule has 1 amide bonds. The molecule has 0 saturated carbocycles. The van der Waals surface area contributed by atoms with E-state index in [4.69, 9.17) is 11.6 Å². The number of nitrogens with zero attached hydrogens (tertiary/aromatic N) is 3. The maximum absolute atomic E-state index is 12.3. The Kier molecular flexibility index (Phi) is 6.77. The maximum atomic E-state index is 12.3. The van der Waals surface area contributed by atoms with E-state index < -0.39 is 0 Å². The largest absolute Gasteiger partial charge is 0.395 e. The molecule has 1 aromatic heterocycles. The van der Waals surface area contributed by atoms with Crippen LogP contribution in [0, 0.1) is 0 Å². The van der Waals surface area contributed by atoms with Crippen molar-refractivity contribution in [2.45, 2.75) is 32.4 Å². The Morgan fingerprint density at radius 3 is 2.52 bits per heavy atom. The minimum absolute atomic E-state index is 0.0672. The van der Waals surface area contributed by atoms with Gasteiger partial charge in [0.2, 0.25) is 5.91 Å². The van der Waals surface area contributed by atoms with E-state index in [-0.39, 0.29) is 24.6 Å². The Morgan fingerprint density at radius 2 is 2.00 bits per heavy atom. The Bertz CT molecular complexity index is 499. The molecule has 0 spiro atoms. The number of aromatic nitrogens is 1. The molecule has 1 aliphatic rings. The summed E-state index contributed by atoms with van der Waals surface area (Å²) in [6.07, 6.45) is 2.45. The summed E-state index contributed by atoms with van der Waals surface area (Å²) >= 11 is 5.79. The van der Waals surface area contributed by atoms with E-state index in [1.165, 1.54) is 6.20 Å². The highest BCUT2D eigenvalue weighted by Gasteiger charge is 2.28. The third kappa shape index (κ3) is 4.88. The number of amides is 1. The third-order valence-corrected chi connectivity index (χ3v) is 4.68. The Labute approximate surface area is 142 Å². The summed E-state index contributed by atoms with van der Waals surface area (Å²) in [7, 11) is 0. The lowest BCUT2D eigenvalue weighted by Crippen LogP contribution is -2.55. The molecule has 0 aromatic carbocycles. The second kappa shape index (κ2) is 8.59. The quantitative estimate of drug-likeness (QED) is 0.820. The highest BCUT2D eigenvalue weighted by Crippen LogP contribution is 2.14. The standard InChI is InChI=1S/C16H25ClN4O2/c1-3-14(11-22)21-8-6-20(7-9-21)12(2)16(23)19-15-5-4-13(17)10-18-15/h4-5,10,12,14,22H,3,6-9,11H2,1-2H3,(H,18,19,23). The first-order chi connectivity index (χ1) is 11.0. The molecule has 1 fully saturated rings. The SMILES string of the molecule is CCC(CO)N1CCN(C(C)C(=O)Nc2ccc(Cl)cn2)CC1. The van der Waals surface area contributed by atoms with Gasteiger partial charge in [-0.1, -0.05) is 18.5 Å². The minimum atomic E-state index is -0.219. The molecule has 2 N–H and O–H groups in total. The third-order valence-electron chi connectivity index (χ3n) is 4.45. The number of pyridine rings is 1. The summed E-state index contributed by atoms with van der Waals surface area (Å²) in [6.45, 7) is 7.56. The van der Waals surface area contributed by atoms with Gasteiger partial charge < -0.3 is 10.4 Å². The monoisotopic (exact) mass is 340 g/mol. The van der Waals surface area contributed by atoms with E-state index in [0.717, 1.165) is 32.6 Å². The van der Waals surface area contributed by atoms with Gasteiger partial charge in [0.05, 0.1) is 17.7 Å². The van der Waals surface area contributed by atoms with Crippen LogP contribution in [0.2, 0.25) is 5.02 Å².